The topological polar surface area (TPSA) is 90.7 Å². The summed E-state index contributed by atoms with van der Waals surface area (Å²) in [6.45, 7) is 4.77. The van der Waals surface area contributed by atoms with E-state index in [1.54, 1.807) is 24.3 Å². The predicted molar refractivity (Wildman–Crippen MR) is 94.6 cm³/mol. The van der Waals surface area contributed by atoms with Gasteiger partial charge in [-0.15, -0.1) is 0 Å². The SMILES string of the molecule is Cc1cc(C)cc(OCCOC(=O)c2ccc(CNC(N)=O)cc2)c1. The second-order valence-electron chi connectivity index (χ2n) is 5.72. The lowest BCUT2D eigenvalue weighted by Crippen LogP contribution is -2.28. The van der Waals surface area contributed by atoms with Crippen LogP contribution in [-0.2, 0) is 11.3 Å². The minimum atomic E-state index is -0.590. The average molecular weight is 342 g/mol. The maximum atomic E-state index is 12.0. The predicted octanol–water partition coefficient (Wildman–Crippen LogP) is 2.71. The molecule has 0 heterocycles. The number of aryl methyl sites for hydroxylation is 2. The number of benzene rings is 2. The Morgan fingerprint density at radius 3 is 2.24 bits per heavy atom. The number of urea groups is 1. The van der Waals surface area contributed by atoms with Crippen molar-refractivity contribution in [1.29, 1.82) is 0 Å². The molecule has 0 fully saturated rings. The van der Waals surface area contributed by atoms with Crippen LogP contribution in [0.1, 0.15) is 27.0 Å². The number of nitrogens with two attached hydrogens (primary N) is 1. The molecule has 0 atom stereocenters. The van der Waals surface area contributed by atoms with Crippen molar-refractivity contribution in [2.24, 2.45) is 5.73 Å². The third kappa shape index (κ3) is 6.18. The summed E-state index contributed by atoms with van der Waals surface area (Å²) in [5.41, 5.74) is 8.54. The number of carbonyl (C=O) groups is 2. The molecule has 0 aliphatic heterocycles. The number of primary amides is 1. The Labute approximate surface area is 146 Å². The lowest BCUT2D eigenvalue weighted by molar-refractivity contribution is 0.0450. The summed E-state index contributed by atoms with van der Waals surface area (Å²) in [5, 5.41) is 2.48. The minimum absolute atomic E-state index is 0.163. The summed E-state index contributed by atoms with van der Waals surface area (Å²) >= 11 is 0. The van der Waals surface area contributed by atoms with E-state index in [4.69, 9.17) is 15.2 Å². The van der Waals surface area contributed by atoms with Crippen molar-refractivity contribution < 1.29 is 19.1 Å². The van der Waals surface area contributed by atoms with E-state index in [1.807, 2.05) is 26.0 Å². The smallest absolute Gasteiger partial charge is 0.338 e. The minimum Gasteiger partial charge on any atom is -0.490 e. The number of esters is 1. The summed E-state index contributed by atoms with van der Waals surface area (Å²) in [6.07, 6.45) is 0. The number of hydrogen-bond donors (Lipinski definition) is 2. The number of rotatable bonds is 7. The van der Waals surface area contributed by atoms with Crippen LogP contribution >= 0.6 is 0 Å². The van der Waals surface area contributed by atoms with Crippen LogP contribution in [0.2, 0.25) is 0 Å². The fourth-order valence-electron chi connectivity index (χ4n) is 2.34. The Kier molecular flexibility index (Phi) is 6.39. The second-order valence-corrected chi connectivity index (χ2v) is 5.72. The Morgan fingerprint density at radius 1 is 1.00 bits per heavy atom. The fraction of sp³-hybridized carbons (Fsp3) is 0.263. The number of carbonyl (C=O) groups excluding carboxylic acids is 2. The number of amides is 2. The van der Waals surface area contributed by atoms with Gasteiger partial charge < -0.3 is 20.5 Å². The summed E-state index contributed by atoms with van der Waals surface area (Å²) < 4.78 is 10.8. The van der Waals surface area contributed by atoms with Crippen LogP contribution in [0.15, 0.2) is 42.5 Å². The van der Waals surface area contributed by atoms with Gasteiger partial charge in [0.05, 0.1) is 5.56 Å². The van der Waals surface area contributed by atoms with Gasteiger partial charge in [-0.05, 0) is 54.8 Å². The standard InChI is InChI=1S/C19H22N2O4/c1-13-9-14(2)11-17(10-13)24-7-8-25-18(22)16-5-3-15(4-6-16)12-21-19(20)23/h3-6,9-11H,7-8,12H2,1-2H3,(H3,20,21,23). The summed E-state index contributed by atoms with van der Waals surface area (Å²) in [5.74, 6) is 0.346. The van der Waals surface area contributed by atoms with Gasteiger partial charge >= 0.3 is 12.0 Å². The molecule has 0 saturated carbocycles. The number of ether oxygens (including phenoxy) is 2. The molecule has 2 rings (SSSR count). The molecule has 0 spiro atoms. The highest BCUT2D eigenvalue weighted by Gasteiger charge is 2.07. The van der Waals surface area contributed by atoms with Gasteiger partial charge in [0.1, 0.15) is 19.0 Å². The molecule has 25 heavy (non-hydrogen) atoms. The van der Waals surface area contributed by atoms with E-state index in [1.165, 1.54) is 0 Å². The zero-order valence-corrected chi connectivity index (χ0v) is 14.4. The van der Waals surface area contributed by atoms with Crippen LogP contribution in [-0.4, -0.2) is 25.2 Å². The van der Waals surface area contributed by atoms with E-state index in [-0.39, 0.29) is 13.2 Å². The lowest BCUT2D eigenvalue weighted by atomic mass is 10.1. The molecule has 2 amide bonds. The van der Waals surface area contributed by atoms with Crippen molar-refractivity contribution in [2.75, 3.05) is 13.2 Å². The zero-order valence-electron chi connectivity index (χ0n) is 14.4. The Morgan fingerprint density at radius 2 is 1.64 bits per heavy atom. The van der Waals surface area contributed by atoms with Gasteiger partial charge in [-0.25, -0.2) is 9.59 Å². The molecule has 2 aromatic carbocycles. The molecule has 0 saturated heterocycles. The lowest BCUT2D eigenvalue weighted by Gasteiger charge is -2.09. The molecule has 0 bridgehead atoms. The first kappa shape index (κ1) is 18.3. The quantitative estimate of drug-likeness (QED) is 0.598. The molecular weight excluding hydrogens is 320 g/mol. The molecule has 6 heteroatoms. The molecule has 0 aliphatic rings. The van der Waals surface area contributed by atoms with E-state index < -0.39 is 12.0 Å². The Bertz CT molecular complexity index is 721. The van der Waals surface area contributed by atoms with Crippen LogP contribution in [0.25, 0.3) is 0 Å². The highest BCUT2D eigenvalue weighted by atomic mass is 16.6. The maximum absolute atomic E-state index is 12.0. The highest BCUT2D eigenvalue weighted by Crippen LogP contribution is 2.16. The van der Waals surface area contributed by atoms with Gasteiger partial charge in [0, 0.05) is 6.54 Å². The molecule has 0 aromatic heterocycles. The Balaban J connectivity index is 1.77. The monoisotopic (exact) mass is 342 g/mol. The van der Waals surface area contributed by atoms with Crippen molar-refractivity contribution in [2.45, 2.75) is 20.4 Å². The molecule has 3 N–H and O–H groups in total. The van der Waals surface area contributed by atoms with E-state index in [0.717, 1.165) is 22.4 Å². The largest absolute Gasteiger partial charge is 0.490 e. The summed E-state index contributed by atoms with van der Waals surface area (Å²) in [7, 11) is 0. The fourth-order valence-corrected chi connectivity index (χ4v) is 2.34. The highest BCUT2D eigenvalue weighted by molar-refractivity contribution is 5.89. The van der Waals surface area contributed by atoms with Gasteiger partial charge in [0.25, 0.3) is 0 Å². The van der Waals surface area contributed by atoms with Crippen LogP contribution in [0.4, 0.5) is 4.79 Å². The first-order chi connectivity index (χ1) is 11.9. The molecule has 132 valence electrons. The van der Waals surface area contributed by atoms with Gasteiger partial charge in [-0.1, -0.05) is 18.2 Å². The molecular formula is C19H22N2O4. The van der Waals surface area contributed by atoms with Gasteiger partial charge in [-0.3, -0.25) is 0 Å². The Hall–Kier alpha value is -3.02. The molecule has 0 aliphatic carbocycles. The van der Waals surface area contributed by atoms with E-state index in [9.17, 15) is 9.59 Å². The summed E-state index contributed by atoms with van der Waals surface area (Å²) in [4.78, 5) is 22.6. The van der Waals surface area contributed by atoms with Crippen molar-refractivity contribution >= 4 is 12.0 Å². The normalized spacial score (nSPS) is 10.2. The molecule has 0 radical (unpaired) electrons. The van der Waals surface area contributed by atoms with Gasteiger partial charge in [0.2, 0.25) is 0 Å². The van der Waals surface area contributed by atoms with E-state index in [2.05, 4.69) is 11.4 Å². The van der Waals surface area contributed by atoms with Gasteiger partial charge in [0.15, 0.2) is 0 Å². The van der Waals surface area contributed by atoms with Crippen molar-refractivity contribution in [3.8, 4) is 5.75 Å². The number of nitrogens with one attached hydrogen (secondary N) is 1. The summed E-state index contributed by atoms with van der Waals surface area (Å²) in [6, 6.07) is 12.1. The molecule has 6 nitrogen and oxygen atoms in total. The van der Waals surface area contributed by atoms with E-state index >= 15 is 0 Å². The average Bonchev–Trinajstić information content (AvgIpc) is 2.56. The zero-order chi connectivity index (χ0) is 18.2. The molecule has 0 unspecified atom stereocenters. The first-order valence-corrected chi connectivity index (χ1v) is 7.94. The van der Waals surface area contributed by atoms with Crippen LogP contribution < -0.4 is 15.8 Å². The van der Waals surface area contributed by atoms with Crippen molar-refractivity contribution in [1.82, 2.24) is 5.32 Å². The van der Waals surface area contributed by atoms with Crippen molar-refractivity contribution in [3.63, 3.8) is 0 Å². The van der Waals surface area contributed by atoms with Crippen LogP contribution in [0.5, 0.6) is 5.75 Å². The maximum Gasteiger partial charge on any atom is 0.338 e. The van der Waals surface area contributed by atoms with Crippen molar-refractivity contribution in [3.05, 3.63) is 64.7 Å². The van der Waals surface area contributed by atoms with Gasteiger partial charge in [-0.2, -0.15) is 0 Å². The first-order valence-electron chi connectivity index (χ1n) is 7.94. The molecule has 2 aromatic rings. The van der Waals surface area contributed by atoms with Crippen LogP contribution in [0, 0.1) is 13.8 Å². The third-order valence-electron chi connectivity index (χ3n) is 3.44. The van der Waals surface area contributed by atoms with Crippen LogP contribution in [0.3, 0.4) is 0 Å². The number of hydrogen-bond acceptors (Lipinski definition) is 4. The second kappa shape index (κ2) is 8.73. The third-order valence-corrected chi connectivity index (χ3v) is 3.44. The van der Waals surface area contributed by atoms with E-state index in [0.29, 0.717) is 12.1 Å².